The van der Waals surface area contributed by atoms with Crippen LogP contribution in [0.1, 0.15) is 25.5 Å². The minimum Gasteiger partial charge on any atom is -0.485 e. The molecule has 0 fully saturated rings. The van der Waals surface area contributed by atoms with Gasteiger partial charge in [0, 0.05) is 5.56 Å². The van der Waals surface area contributed by atoms with Gasteiger partial charge >= 0.3 is 0 Å². The fourth-order valence-electron chi connectivity index (χ4n) is 1.89. The summed E-state index contributed by atoms with van der Waals surface area (Å²) in [6.45, 7) is 3.93. The summed E-state index contributed by atoms with van der Waals surface area (Å²) in [5, 5.41) is 2.79. The molecule has 0 saturated heterocycles. The zero-order valence-corrected chi connectivity index (χ0v) is 8.28. The van der Waals surface area contributed by atoms with E-state index in [2.05, 4.69) is 5.32 Å². The van der Waals surface area contributed by atoms with Crippen molar-refractivity contribution in [3.8, 4) is 5.75 Å². The molecule has 14 heavy (non-hydrogen) atoms. The average Bonchev–Trinajstić information content (AvgIpc) is 2.39. The number of carbonyl (C=O) groups excluding carboxylic acids is 1. The number of amides is 1. The molecule has 0 aliphatic carbocycles. The van der Waals surface area contributed by atoms with Gasteiger partial charge in [0.15, 0.2) is 0 Å². The molecular formula is C11H13NO2. The van der Waals surface area contributed by atoms with E-state index in [9.17, 15) is 4.79 Å². The first-order chi connectivity index (χ1) is 6.65. The average molecular weight is 191 g/mol. The summed E-state index contributed by atoms with van der Waals surface area (Å²) in [7, 11) is 0. The first-order valence-electron chi connectivity index (χ1n) is 4.63. The van der Waals surface area contributed by atoms with Crippen LogP contribution in [0.5, 0.6) is 5.75 Å². The molecule has 0 saturated carbocycles. The van der Waals surface area contributed by atoms with Crippen LogP contribution in [0.3, 0.4) is 0 Å². The number of para-hydroxylation sites is 1. The molecule has 1 aromatic rings. The lowest BCUT2D eigenvalue weighted by Gasteiger charge is -2.25. The van der Waals surface area contributed by atoms with Gasteiger partial charge in [-0.05, 0) is 19.9 Å². The van der Waals surface area contributed by atoms with E-state index in [0.29, 0.717) is 0 Å². The summed E-state index contributed by atoms with van der Waals surface area (Å²) in [4.78, 5) is 10.5. The number of carbonyl (C=O) groups is 1. The lowest BCUT2D eigenvalue weighted by atomic mass is 9.95. The Balaban J connectivity index is 2.42. The normalized spacial score (nSPS) is 22.3. The highest BCUT2D eigenvalue weighted by Gasteiger charge is 2.40. The Labute approximate surface area is 83.1 Å². The van der Waals surface area contributed by atoms with E-state index in [1.165, 1.54) is 0 Å². The lowest BCUT2D eigenvalue weighted by Crippen LogP contribution is -2.38. The van der Waals surface area contributed by atoms with Gasteiger partial charge in [-0.3, -0.25) is 4.79 Å². The van der Waals surface area contributed by atoms with E-state index in [0.717, 1.165) is 17.7 Å². The Bertz CT molecular complexity index is 360. The van der Waals surface area contributed by atoms with Crippen LogP contribution in [-0.2, 0) is 4.79 Å². The van der Waals surface area contributed by atoms with Gasteiger partial charge in [0.1, 0.15) is 11.4 Å². The van der Waals surface area contributed by atoms with Gasteiger partial charge < -0.3 is 10.1 Å². The Morgan fingerprint density at radius 3 is 2.86 bits per heavy atom. The molecule has 2 rings (SSSR count). The summed E-state index contributed by atoms with van der Waals surface area (Å²) < 4.78 is 5.74. The van der Waals surface area contributed by atoms with Crippen LogP contribution < -0.4 is 10.1 Å². The molecule has 1 aromatic carbocycles. The Morgan fingerprint density at radius 1 is 1.43 bits per heavy atom. The van der Waals surface area contributed by atoms with Crippen molar-refractivity contribution in [2.24, 2.45) is 0 Å². The van der Waals surface area contributed by atoms with Gasteiger partial charge in [-0.25, -0.2) is 0 Å². The van der Waals surface area contributed by atoms with Crippen LogP contribution >= 0.6 is 0 Å². The van der Waals surface area contributed by atoms with Gasteiger partial charge in [-0.2, -0.15) is 0 Å². The predicted molar refractivity (Wildman–Crippen MR) is 53.1 cm³/mol. The summed E-state index contributed by atoms with van der Waals surface area (Å²) in [5.41, 5.74) is 0.675. The van der Waals surface area contributed by atoms with Crippen molar-refractivity contribution in [2.75, 3.05) is 0 Å². The molecule has 1 N–H and O–H groups in total. The summed E-state index contributed by atoms with van der Waals surface area (Å²) in [6, 6.07) is 7.71. The number of ether oxygens (including phenoxy) is 1. The maximum absolute atomic E-state index is 10.5. The fourth-order valence-corrected chi connectivity index (χ4v) is 1.89. The van der Waals surface area contributed by atoms with Crippen molar-refractivity contribution in [2.45, 2.75) is 25.5 Å². The molecule has 0 radical (unpaired) electrons. The highest BCUT2D eigenvalue weighted by molar-refractivity contribution is 5.52. The summed E-state index contributed by atoms with van der Waals surface area (Å²) >= 11 is 0. The van der Waals surface area contributed by atoms with Crippen molar-refractivity contribution in [3.05, 3.63) is 29.8 Å². The number of nitrogens with one attached hydrogen (secondary N) is 1. The molecule has 1 unspecified atom stereocenters. The monoisotopic (exact) mass is 191 g/mol. The third kappa shape index (κ3) is 1.25. The van der Waals surface area contributed by atoms with E-state index >= 15 is 0 Å². The van der Waals surface area contributed by atoms with Crippen LogP contribution in [0.15, 0.2) is 24.3 Å². The molecule has 1 amide bonds. The van der Waals surface area contributed by atoms with Crippen LogP contribution in [-0.4, -0.2) is 12.0 Å². The van der Waals surface area contributed by atoms with Crippen LogP contribution in [0, 0.1) is 0 Å². The Hall–Kier alpha value is -1.51. The predicted octanol–water partition coefficient (Wildman–Crippen LogP) is 1.64. The van der Waals surface area contributed by atoms with E-state index in [4.69, 9.17) is 4.74 Å². The van der Waals surface area contributed by atoms with Crippen molar-refractivity contribution >= 4 is 6.41 Å². The van der Waals surface area contributed by atoms with Crippen LogP contribution in [0.4, 0.5) is 0 Å². The third-order valence-electron chi connectivity index (χ3n) is 2.53. The van der Waals surface area contributed by atoms with Crippen molar-refractivity contribution in [1.82, 2.24) is 5.32 Å². The highest BCUT2D eigenvalue weighted by Crippen LogP contribution is 2.42. The maximum Gasteiger partial charge on any atom is 0.207 e. The van der Waals surface area contributed by atoms with Gasteiger partial charge in [-0.15, -0.1) is 0 Å². The van der Waals surface area contributed by atoms with Crippen molar-refractivity contribution in [1.29, 1.82) is 0 Å². The molecule has 0 bridgehead atoms. The molecule has 1 aliphatic rings. The van der Waals surface area contributed by atoms with Crippen LogP contribution in [0.25, 0.3) is 0 Å². The highest BCUT2D eigenvalue weighted by atomic mass is 16.5. The summed E-state index contributed by atoms with van der Waals surface area (Å²) in [5.74, 6) is 0.858. The molecule has 1 atom stereocenters. The van der Waals surface area contributed by atoms with E-state index in [-0.39, 0.29) is 11.6 Å². The second kappa shape index (κ2) is 3.01. The zero-order valence-electron chi connectivity index (χ0n) is 8.28. The summed E-state index contributed by atoms with van der Waals surface area (Å²) in [6.07, 6.45) is 0.720. The second-order valence-electron chi connectivity index (χ2n) is 3.96. The Morgan fingerprint density at radius 2 is 2.14 bits per heavy atom. The maximum atomic E-state index is 10.5. The molecule has 1 heterocycles. The minimum atomic E-state index is -0.370. The first kappa shape index (κ1) is 9.06. The quantitative estimate of drug-likeness (QED) is 0.722. The van der Waals surface area contributed by atoms with Crippen molar-refractivity contribution in [3.63, 3.8) is 0 Å². The second-order valence-corrected chi connectivity index (χ2v) is 3.96. The van der Waals surface area contributed by atoms with Gasteiger partial charge in [-0.1, -0.05) is 18.2 Å². The molecule has 3 nitrogen and oxygen atoms in total. The third-order valence-corrected chi connectivity index (χ3v) is 2.53. The standard InChI is InChI=1S/C11H13NO2/c1-11(2)10(12-7-13)8-5-3-4-6-9(8)14-11/h3-7,10H,1-2H3,(H,12,13). The van der Waals surface area contributed by atoms with Gasteiger partial charge in [0.05, 0.1) is 6.04 Å². The molecule has 1 aliphatic heterocycles. The van der Waals surface area contributed by atoms with E-state index in [1.54, 1.807) is 0 Å². The van der Waals surface area contributed by atoms with Gasteiger partial charge in [0.2, 0.25) is 6.41 Å². The smallest absolute Gasteiger partial charge is 0.207 e. The van der Waals surface area contributed by atoms with E-state index in [1.807, 2.05) is 38.1 Å². The van der Waals surface area contributed by atoms with Crippen LogP contribution in [0.2, 0.25) is 0 Å². The molecule has 3 heteroatoms. The number of benzene rings is 1. The van der Waals surface area contributed by atoms with Crippen molar-refractivity contribution < 1.29 is 9.53 Å². The molecule has 0 aromatic heterocycles. The fraction of sp³-hybridized carbons (Fsp3) is 0.364. The zero-order chi connectivity index (χ0) is 10.2. The number of fused-ring (bicyclic) bond motifs is 1. The Kier molecular flexibility index (Phi) is 1.95. The number of rotatable bonds is 2. The SMILES string of the molecule is CC1(C)Oc2ccccc2C1NC=O. The molecular weight excluding hydrogens is 178 g/mol. The van der Waals surface area contributed by atoms with E-state index < -0.39 is 0 Å². The molecule has 74 valence electrons. The topological polar surface area (TPSA) is 38.3 Å². The number of hydrogen-bond donors (Lipinski definition) is 1. The molecule has 0 spiro atoms. The first-order valence-corrected chi connectivity index (χ1v) is 4.63. The minimum absolute atomic E-state index is 0.0591. The van der Waals surface area contributed by atoms with Gasteiger partial charge in [0.25, 0.3) is 0 Å². The lowest BCUT2D eigenvalue weighted by molar-refractivity contribution is -0.111. The largest absolute Gasteiger partial charge is 0.485 e. The number of hydrogen-bond acceptors (Lipinski definition) is 2.